The minimum absolute atomic E-state index is 0.0197. The van der Waals surface area contributed by atoms with Gasteiger partial charge in [0.15, 0.2) is 0 Å². The van der Waals surface area contributed by atoms with Gasteiger partial charge < -0.3 is 14.4 Å². The first kappa shape index (κ1) is 21.0. The fourth-order valence-corrected chi connectivity index (χ4v) is 5.38. The predicted molar refractivity (Wildman–Crippen MR) is 121 cm³/mol. The van der Waals surface area contributed by atoms with Crippen molar-refractivity contribution in [1.82, 2.24) is 9.55 Å². The Morgan fingerprint density at radius 2 is 2.07 bits per heavy atom. The molecule has 0 fully saturated rings. The molecule has 0 saturated carbocycles. The number of nitrogens with zero attached hydrogens (tertiary/aromatic N) is 2. The maximum Gasteiger partial charge on any atom is 0.127 e. The molecule has 2 aromatic rings. The number of phenolic OH excluding ortho intramolecular Hbond substituents is 1. The Hall–Kier alpha value is -2.23. The number of ether oxygens (including phenoxy) is 1. The number of phenols is 1. The zero-order valence-corrected chi connectivity index (χ0v) is 19.1. The quantitative estimate of drug-likeness (QED) is 0.448. The van der Waals surface area contributed by atoms with Crippen LogP contribution in [0.4, 0.5) is 0 Å². The molecule has 0 amide bonds. The lowest BCUT2D eigenvalue weighted by Crippen LogP contribution is -2.45. The second-order valence-electron chi connectivity index (χ2n) is 10.5. The standard InChI is InChI=1S/C26H36N2O2/c1-18-8-9-21-20(14-18)24-22(29)15-19(16-23(24)30-26(21,4)5)25(2,3)10-6-7-12-28-13-11-27-17-28/h8,11,13,15-17,20-21,29H,6-7,9-10,12,14H2,1-5H3. The van der Waals surface area contributed by atoms with Gasteiger partial charge in [0.05, 0.1) is 6.33 Å². The van der Waals surface area contributed by atoms with Crippen LogP contribution in [0.15, 0.2) is 42.5 Å². The van der Waals surface area contributed by atoms with Crippen LogP contribution in [0.25, 0.3) is 0 Å². The summed E-state index contributed by atoms with van der Waals surface area (Å²) in [5.74, 6) is 2.04. The monoisotopic (exact) mass is 408 g/mol. The number of allylic oxidation sites excluding steroid dienone is 2. The van der Waals surface area contributed by atoms with Crippen molar-refractivity contribution in [3.63, 3.8) is 0 Å². The zero-order valence-electron chi connectivity index (χ0n) is 19.1. The number of fused-ring (bicyclic) bond motifs is 3. The summed E-state index contributed by atoms with van der Waals surface area (Å²) in [6.07, 6.45) is 13.4. The van der Waals surface area contributed by atoms with E-state index in [0.29, 0.717) is 17.6 Å². The Morgan fingerprint density at radius 1 is 1.27 bits per heavy atom. The predicted octanol–water partition coefficient (Wildman–Crippen LogP) is 6.35. The van der Waals surface area contributed by atoms with Crippen molar-refractivity contribution in [1.29, 1.82) is 0 Å². The van der Waals surface area contributed by atoms with E-state index in [1.54, 1.807) is 0 Å². The number of aromatic hydroxyl groups is 1. The molecule has 0 bridgehead atoms. The smallest absolute Gasteiger partial charge is 0.127 e. The van der Waals surface area contributed by atoms with Crippen LogP contribution in [0.1, 0.15) is 83.8 Å². The highest BCUT2D eigenvalue weighted by molar-refractivity contribution is 5.54. The van der Waals surface area contributed by atoms with Crippen LogP contribution in [0, 0.1) is 5.92 Å². The number of hydrogen-bond acceptors (Lipinski definition) is 3. The summed E-state index contributed by atoms with van der Waals surface area (Å²) in [7, 11) is 0. The van der Waals surface area contributed by atoms with E-state index in [4.69, 9.17) is 4.74 Å². The molecule has 1 aromatic heterocycles. The van der Waals surface area contributed by atoms with E-state index in [0.717, 1.165) is 50.0 Å². The van der Waals surface area contributed by atoms with Gasteiger partial charge in [-0.05, 0) is 69.6 Å². The Labute approximate surface area is 181 Å². The molecule has 30 heavy (non-hydrogen) atoms. The van der Waals surface area contributed by atoms with E-state index in [-0.39, 0.29) is 11.0 Å². The minimum atomic E-state index is -0.227. The number of rotatable bonds is 6. The van der Waals surface area contributed by atoms with Gasteiger partial charge >= 0.3 is 0 Å². The molecule has 0 radical (unpaired) electrons. The summed E-state index contributed by atoms with van der Waals surface area (Å²) in [5.41, 5.74) is 3.36. The van der Waals surface area contributed by atoms with Crippen molar-refractivity contribution in [3.05, 3.63) is 53.6 Å². The van der Waals surface area contributed by atoms with Gasteiger partial charge in [-0.15, -0.1) is 0 Å². The van der Waals surface area contributed by atoms with Gasteiger partial charge in [-0.25, -0.2) is 4.98 Å². The van der Waals surface area contributed by atoms with Crippen LogP contribution in [0.2, 0.25) is 0 Å². The van der Waals surface area contributed by atoms with Crippen molar-refractivity contribution >= 4 is 0 Å². The molecule has 1 aromatic carbocycles. The molecule has 0 spiro atoms. The Morgan fingerprint density at radius 3 is 2.80 bits per heavy atom. The highest BCUT2D eigenvalue weighted by Gasteiger charge is 2.46. The summed E-state index contributed by atoms with van der Waals surface area (Å²) in [6.45, 7) is 12.2. The number of benzene rings is 1. The molecule has 1 N–H and O–H groups in total. The summed E-state index contributed by atoms with van der Waals surface area (Å²) in [5, 5.41) is 11.1. The average Bonchev–Trinajstić information content (AvgIpc) is 3.17. The van der Waals surface area contributed by atoms with Crippen LogP contribution in [0.5, 0.6) is 11.5 Å². The summed E-state index contributed by atoms with van der Waals surface area (Å²) in [6, 6.07) is 4.21. The minimum Gasteiger partial charge on any atom is -0.508 e. The second-order valence-corrected chi connectivity index (χ2v) is 10.5. The van der Waals surface area contributed by atoms with Crippen molar-refractivity contribution in [2.24, 2.45) is 5.92 Å². The lowest BCUT2D eigenvalue weighted by Gasteiger charge is -2.47. The molecule has 2 atom stereocenters. The molecule has 4 heteroatoms. The van der Waals surface area contributed by atoms with Gasteiger partial charge in [0.2, 0.25) is 0 Å². The maximum atomic E-state index is 11.1. The van der Waals surface area contributed by atoms with Gasteiger partial charge in [-0.3, -0.25) is 0 Å². The first-order valence-electron chi connectivity index (χ1n) is 11.4. The highest BCUT2D eigenvalue weighted by atomic mass is 16.5. The van der Waals surface area contributed by atoms with E-state index >= 15 is 0 Å². The maximum absolute atomic E-state index is 11.1. The van der Waals surface area contributed by atoms with Crippen molar-refractivity contribution in [2.45, 2.75) is 90.2 Å². The number of hydrogen-bond donors (Lipinski definition) is 1. The van der Waals surface area contributed by atoms with E-state index in [2.05, 4.69) is 56.3 Å². The van der Waals surface area contributed by atoms with Crippen molar-refractivity contribution in [3.8, 4) is 11.5 Å². The summed E-state index contributed by atoms with van der Waals surface area (Å²) >= 11 is 0. The van der Waals surface area contributed by atoms with Crippen molar-refractivity contribution < 1.29 is 9.84 Å². The molecule has 2 unspecified atom stereocenters. The zero-order chi connectivity index (χ0) is 21.5. The lowest BCUT2D eigenvalue weighted by molar-refractivity contribution is 0.00741. The van der Waals surface area contributed by atoms with E-state index in [1.807, 2.05) is 24.8 Å². The first-order valence-corrected chi connectivity index (χ1v) is 11.4. The fraction of sp³-hybridized carbons (Fsp3) is 0.577. The molecule has 1 aliphatic carbocycles. The Kier molecular flexibility index (Phi) is 5.46. The van der Waals surface area contributed by atoms with Gasteiger partial charge in [-0.2, -0.15) is 0 Å². The highest BCUT2D eigenvalue weighted by Crippen LogP contribution is 2.54. The van der Waals surface area contributed by atoms with Gasteiger partial charge in [-0.1, -0.05) is 31.9 Å². The van der Waals surface area contributed by atoms with Crippen LogP contribution in [-0.2, 0) is 12.0 Å². The normalized spacial score (nSPS) is 22.6. The topological polar surface area (TPSA) is 47.3 Å². The van der Waals surface area contributed by atoms with Crippen LogP contribution >= 0.6 is 0 Å². The molecular weight excluding hydrogens is 372 g/mol. The fourth-order valence-electron chi connectivity index (χ4n) is 5.38. The average molecular weight is 409 g/mol. The van der Waals surface area contributed by atoms with E-state index in [9.17, 15) is 5.11 Å². The van der Waals surface area contributed by atoms with Crippen LogP contribution in [0.3, 0.4) is 0 Å². The van der Waals surface area contributed by atoms with E-state index in [1.165, 1.54) is 11.1 Å². The van der Waals surface area contributed by atoms with Crippen LogP contribution in [-0.4, -0.2) is 20.3 Å². The molecular formula is C26H36N2O2. The summed E-state index contributed by atoms with van der Waals surface area (Å²) in [4.78, 5) is 4.11. The van der Waals surface area contributed by atoms with Gasteiger partial charge in [0, 0.05) is 36.3 Å². The third-order valence-corrected chi connectivity index (χ3v) is 7.31. The number of aryl methyl sites for hydroxylation is 1. The van der Waals surface area contributed by atoms with Crippen molar-refractivity contribution in [2.75, 3.05) is 0 Å². The molecule has 4 nitrogen and oxygen atoms in total. The number of aromatic nitrogens is 2. The van der Waals surface area contributed by atoms with E-state index < -0.39 is 0 Å². The van der Waals surface area contributed by atoms with Gasteiger partial charge in [0.25, 0.3) is 0 Å². The third-order valence-electron chi connectivity index (χ3n) is 7.31. The number of unbranched alkanes of at least 4 members (excludes halogenated alkanes) is 1. The largest absolute Gasteiger partial charge is 0.508 e. The first-order chi connectivity index (χ1) is 14.2. The number of imidazole rings is 1. The molecule has 4 rings (SSSR count). The summed E-state index contributed by atoms with van der Waals surface area (Å²) < 4.78 is 8.65. The second kappa shape index (κ2) is 7.79. The SMILES string of the molecule is CC1=CCC2C(C1)c1c(O)cc(C(C)(C)CCCCn3ccnc3)cc1OC2(C)C. The third kappa shape index (κ3) is 4.01. The lowest BCUT2D eigenvalue weighted by atomic mass is 9.66. The van der Waals surface area contributed by atoms with Crippen LogP contribution < -0.4 is 4.74 Å². The molecule has 1 aliphatic heterocycles. The molecule has 2 heterocycles. The molecule has 0 saturated heterocycles. The molecule has 162 valence electrons. The van der Waals surface area contributed by atoms with Gasteiger partial charge in [0.1, 0.15) is 17.1 Å². The Bertz CT molecular complexity index is 925. The molecule has 2 aliphatic rings. The Balaban J connectivity index is 1.54.